The summed E-state index contributed by atoms with van der Waals surface area (Å²) in [7, 11) is 0. The maximum Gasteiger partial charge on any atom is 0.265 e. The Morgan fingerprint density at radius 1 is 1.14 bits per heavy atom. The largest absolute Gasteiger partial charge is 0.290 e. The summed E-state index contributed by atoms with van der Waals surface area (Å²) < 4.78 is 0. The highest BCUT2D eigenvalue weighted by atomic mass is 32.1. The van der Waals surface area contributed by atoms with Gasteiger partial charge in [0.05, 0.1) is 0 Å². The van der Waals surface area contributed by atoms with E-state index in [1.54, 1.807) is 0 Å². The summed E-state index contributed by atoms with van der Waals surface area (Å²) in [6, 6.07) is 12.1. The minimum atomic E-state index is -0.629. The third kappa shape index (κ3) is 3.35. The van der Waals surface area contributed by atoms with Gasteiger partial charge in [-0.15, -0.1) is 11.3 Å². The number of benzene rings is 1. The lowest BCUT2D eigenvalue weighted by molar-refractivity contribution is -0.114. The van der Waals surface area contributed by atoms with Gasteiger partial charge in [-0.1, -0.05) is 30.3 Å². The Bertz CT molecular complexity index is 779. The topological polar surface area (TPSA) is 75.7 Å². The van der Waals surface area contributed by atoms with Gasteiger partial charge in [0.25, 0.3) is 5.78 Å². The van der Waals surface area contributed by atoms with Crippen LogP contribution in [0.15, 0.2) is 48.1 Å². The molecule has 0 saturated carbocycles. The molecule has 0 atom stereocenters. The number of aromatic amines is 1. The number of H-pyrrole nitrogens is 1. The molecule has 110 valence electrons. The fourth-order valence-electron chi connectivity index (χ4n) is 2.13. The molecule has 2 aromatic heterocycles. The molecule has 0 amide bonds. The van der Waals surface area contributed by atoms with Gasteiger partial charge in [-0.25, -0.2) is 4.98 Å². The number of hydrogen-bond acceptors (Lipinski definition) is 5. The molecule has 0 radical (unpaired) electrons. The molecular weight excluding hydrogens is 298 g/mol. The Hall–Kier alpha value is -2.60. The van der Waals surface area contributed by atoms with Crippen LogP contribution in [-0.2, 0) is 17.6 Å². The highest BCUT2D eigenvalue weighted by molar-refractivity contribution is 7.10. The van der Waals surface area contributed by atoms with Crippen LogP contribution < -0.4 is 0 Å². The number of ketones is 2. The van der Waals surface area contributed by atoms with Gasteiger partial charge in [0.1, 0.15) is 6.33 Å². The van der Waals surface area contributed by atoms with Crippen LogP contribution in [0.2, 0.25) is 0 Å². The highest BCUT2D eigenvalue weighted by Crippen LogP contribution is 2.19. The Balaban J connectivity index is 1.64. The normalized spacial score (nSPS) is 10.5. The molecule has 0 aliphatic rings. The van der Waals surface area contributed by atoms with Gasteiger partial charge in [0.15, 0.2) is 5.82 Å². The molecule has 0 unspecified atom stereocenters. The fourth-order valence-corrected chi connectivity index (χ4v) is 3.02. The fraction of sp³-hybridized carbons (Fsp3) is 0.125. The summed E-state index contributed by atoms with van der Waals surface area (Å²) in [5.41, 5.74) is 2.36. The van der Waals surface area contributed by atoms with Crippen LogP contribution in [0, 0.1) is 0 Å². The van der Waals surface area contributed by atoms with Crippen molar-refractivity contribution in [2.75, 3.05) is 0 Å². The van der Waals surface area contributed by atoms with Crippen molar-refractivity contribution in [2.45, 2.75) is 12.8 Å². The number of Topliss-reactive ketones (excluding diaryl/α,β-unsaturated/α-hetero) is 2. The van der Waals surface area contributed by atoms with Gasteiger partial charge >= 0.3 is 0 Å². The maximum atomic E-state index is 11.9. The van der Waals surface area contributed by atoms with E-state index in [0.717, 1.165) is 16.9 Å². The molecule has 1 N–H and O–H groups in total. The van der Waals surface area contributed by atoms with Crippen LogP contribution in [-0.4, -0.2) is 26.7 Å². The van der Waals surface area contributed by atoms with Crippen molar-refractivity contribution < 1.29 is 9.59 Å². The van der Waals surface area contributed by atoms with Gasteiger partial charge in [0, 0.05) is 11.3 Å². The van der Waals surface area contributed by atoms with E-state index in [9.17, 15) is 9.59 Å². The van der Waals surface area contributed by atoms with E-state index < -0.39 is 11.6 Å². The molecule has 0 fully saturated rings. The zero-order valence-corrected chi connectivity index (χ0v) is 12.5. The van der Waals surface area contributed by atoms with Crippen LogP contribution in [0.1, 0.15) is 26.6 Å². The molecule has 3 rings (SSSR count). The predicted molar refractivity (Wildman–Crippen MR) is 83.0 cm³/mol. The average Bonchev–Trinajstić information content (AvgIpc) is 3.19. The molecular formula is C16H13N3O2S. The summed E-state index contributed by atoms with van der Waals surface area (Å²) >= 11 is 1.49. The van der Waals surface area contributed by atoms with Crippen molar-refractivity contribution in [3.05, 3.63) is 69.9 Å². The van der Waals surface area contributed by atoms with Crippen molar-refractivity contribution in [1.29, 1.82) is 0 Å². The zero-order valence-electron chi connectivity index (χ0n) is 11.7. The number of carbonyl (C=O) groups is 2. The third-order valence-electron chi connectivity index (χ3n) is 3.18. The second-order valence-corrected chi connectivity index (χ2v) is 5.84. The van der Waals surface area contributed by atoms with Crippen LogP contribution in [0.25, 0.3) is 0 Å². The first kappa shape index (κ1) is 14.3. The quantitative estimate of drug-likeness (QED) is 0.560. The van der Waals surface area contributed by atoms with Crippen LogP contribution in [0.5, 0.6) is 0 Å². The van der Waals surface area contributed by atoms with Crippen molar-refractivity contribution in [3.8, 4) is 0 Å². The van der Waals surface area contributed by atoms with E-state index in [-0.39, 0.29) is 12.2 Å². The van der Waals surface area contributed by atoms with E-state index in [1.807, 2.05) is 29.6 Å². The molecule has 0 spiro atoms. The Morgan fingerprint density at radius 2 is 1.95 bits per heavy atom. The van der Waals surface area contributed by atoms with Gasteiger partial charge in [-0.2, -0.15) is 5.10 Å². The number of nitrogens with one attached hydrogen (secondary N) is 1. The van der Waals surface area contributed by atoms with E-state index in [0.29, 0.717) is 0 Å². The Labute approximate surface area is 131 Å². The minimum absolute atomic E-state index is 0.00827. The monoisotopic (exact) mass is 311 g/mol. The lowest BCUT2D eigenvalue weighted by Crippen LogP contribution is -2.17. The van der Waals surface area contributed by atoms with Crippen LogP contribution >= 0.6 is 11.3 Å². The number of thiophene rings is 1. The van der Waals surface area contributed by atoms with Crippen molar-refractivity contribution in [2.24, 2.45) is 0 Å². The first-order valence-corrected chi connectivity index (χ1v) is 7.63. The maximum absolute atomic E-state index is 11.9. The molecule has 0 saturated heterocycles. The number of carbonyl (C=O) groups excluding carboxylic acids is 2. The summed E-state index contributed by atoms with van der Waals surface area (Å²) in [5.74, 6) is -1.12. The van der Waals surface area contributed by atoms with Gasteiger partial charge in [0.2, 0.25) is 5.78 Å². The molecule has 22 heavy (non-hydrogen) atoms. The van der Waals surface area contributed by atoms with Crippen molar-refractivity contribution in [3.63, 3.8) is 0 Å². The lowest BCUT2D eigenvalue weighted by Gasteiger charge is -1.97. The summed E-state index contributed by atoms with van der Waals surface area (Å²) in [6.45, 7) is 0. The second kappa shape index (κ2) is 6.44. The average molecular weight is 311 g/mol. The molecule has 3 aromatic rings. The second-order valence-electron chi connectivity index (χ2n) is 4.85. The first-order chi connectivity index (χ1) is 10.7. The standard InChI is InChI=1S/C16H13N3O2S/c20-14(15(21)16-17-10-18-19-16)8-13-7-12(9-22-13)6-11-4-2-1-3-5-11/h1-5,7,9-10H,6,8H2,(H,17,18,19). The summed E-state index contributed by atoms with van der Waals surface area (Å²) in [5, 5.41) is 8.01. The number of nitrogens with zero attached hydrogens (tertiary/aromatic N) is 2. The zero-order chi connectivity index (χ0) is 15.4. The Kier molecular flexibility index (Phi) is 4.20. The number of aromatic nitrogens is 3. The predicted octanol–water partition coefficient (Wildman–Crippen LogP) is 2.45. The van der Waals surface area contributed by atoms with E-state index in [2.05, 4.69) is 27.3 Å². The van der Waals surface area contributed by atoms with Gasteiger partial charge in [-0.05, 0) is 29.0 Å². The summed E-state index contributed by atoms with van der Waals surface area (Å²) in [4.78, 5) is 28.4. The van der Waals surface area contributed by atoms with Gasteiger partial charge < -0.3 is 0 Å². The van der Waals surface area contributed by atoms with Crippen molar-refractivity contribution >= 4 is 22.9 Å². The SMILES string of the molecule is O=C(Cc1cc(Cc2ccccc2)cs1)C(=O)c1ncn[nH]1. The van der Waals surface area contributed by atoms with Crippen LogP contribution in [0.3, 0.4) is 0 Å². The first-order valence-electron chi connectivity index (χ1n) is 6.75. The molecule has 5 nitrogen and oxygen atoms in total. The molecule has 1 aromatic carbocycles. The Morgan fingerprint density at radius 3 is 2.68 bits per heavy atom. The van der Waals surface area contributed by atoms with E-state index in [1.165, 1.54) is 23.2 Å². The molecule has 6 heteroatoms. The molecule has 0 bridgehead atoms. The third-order valence-corrected chi connectivity index (χ3v) is 4.16. The van der Waals surface area contributed by atoms with E-state index in [4.69, 9.17) is 0 Å². The molecule has 2 heterocycles. The number of rotatable bonds is 6. The van der Waals surface area contributed by atoms with Crippen LogP contribution in [0.4, 0.5) is 0 Å². The molecule has 0 aliphatic carbocycles. The lowest BCUT2D eigenvalue weighted by atomic mass is 10.1. The van der Waals surface area contributed by atoms with Crippen molar-refractivity contribution in [1.82, 2.24) is 15.2 Å². The minimum Gasteiger partial charge on any atom is -0.290 e. The highest BCUT2D eigenvalue weighted by Gasteiger charge is 2.19. The van der Waals surface area contributed by atoms with Gasteiger partial charge in [-0.3, -0.25) is 14.7 Å². The van der Waals surface area contributed by atoms with E-state index >= 15 is 0 Å². The smallest absolute Gasteiger partial charge is 0.265 e. The molecule has 0 aliphatic heterocycles. The number of hydrogen-bond donors (Lipinski definition) is 1. The summed E-state index contributed by atoms with van der Waals surface area (Å²) in [6.07, 6.45) is 2.13.